The molecule has 50 heavy (non-hydrogen) atoms. The molecule has 238 valence electrons. The maximum atomic E-state index is 5.14. The number of hydrogen-bond donors (Lipinski definition) is 0. The maximum absolute atomic E-state index is 5.14. The molecule has 0 amide bonds. The van der Waals surface area contributed by atoms with Gasteiger partial charge in [-0.05, 0) is 55.3 Å². The number of para-hydroxylation sites is 1. The largest absolute Gasteiger partial charge is 0.258 e. The summed E-state index contributed by atoms with van der Waals surface area (Å²) in [6.45, 7) is 4.07. The molecule has 0 spiro atoms. The third-order valence-electron chi connectivity index (χ3n) is 9.58. The van der Waals surface area contributed by atoms with Gasteiger partial charge < -0.3 is 0 Å². The Labute approximate surface area is 290 Å². The topological polar surface area (TPSA) is 64.5 Å². The first-order chi connectivity index (χ1) is 24.6. The molecule has 3 heterocycles. The fourth-order valence-electron chi connectivity index (χ4n) is 7.06. The molecule has 0 saturated heterocycles. The Balaban J connectivity index is 1.15. The molecular formula is C45H33N5. The first kappa shape index (κ1) is 29.8. The lowest BCUT2D eigenvalue weighted by molar-refractivity contribution is 1.01. The Kier molecular flexibility index (Phi) is 7.32. The molecule has 0 radical (unpaired) electrons. The zero-order valence-electron chi connectivity index (χ0n) is 27.9. The Bertz CT molecular complexity index is 2650. The van der Waals surface area contributed by atoms with Gasteiger partial charge in [-0.25, -0.2) is 19.9 Å². The van der Waals surface area contributed by atoms with E-state index in [1.165, 1.54) is 10.9 Å². The summed E-state index contributed by atoms with van der Waals surface area (Å²) in [7, 11) is 0. The number of hydrogen-bond acceptors (Lipinski definition) is 5. The van der Waals surface area contributed by atoms with Crippen molar-refractivity contribution in [2.24, 2.45) is 0 Å². The van der Waals surface area contributed by atoms with Gasteiger partial charge in [0.15, 0.2) is 17.5 Å². The predicted molar refractivity (Wildman–Crippen MR) is 206 cm³/mol. The lowest BCUT2D eigenvalue weighted by atomic mass is 9.93. The Hall–Kier alpha value is -6.33. The molecule has 0 atom stereocenters. The third kappa shape index (κ3) is 5.33. The fraction of sp³-hybridized carbons (Fsp3) is 0.0889. The van der Waals surface area contributed by atoms with Gasteiger partial charge in [0.25, 0.3) is 0 Å². The van der Waals surface area contributed by atoms with E-state index in [4.69, 9.17) is 19.9 Å². The quantitative estimate of drug-likeness (QED) is 0.138. The van der Waals surface area contributed by atoms with Gasteiger partial charge in [-0.15, -0.1) is 0 Å². The number of allylic oxidation sites excluding steroid dienone is 4. The fourth-order valence-corrected chi connectivity index (χ4v) is 7.06. The van der Waals surface area contributed by atoms with Crippen molar-refractivity contribution >= 4 is 38.2 Å². The molecule has 0 aliphatic heterocycles. The Morgan fingerprint density at radius 2 is 1.14 bits per heavy atom. The van der Waals surface area contributed by atoms with Gasteiger partial charge in [-0.2, -0.15) is 0 Å². The van der Waals surface area contributed by atoms with Crippen LogP contribution in [-0.2, 0) is 0 Å². The summed E-state index contributed by atoms with van der Waals surface area (Å²) in [5.41, 5.74) is 11.5. The predicted octanol–water partition coefficient (Wildman–Crippen LogP) is 11.1. The minimum absolute atomic E-state index is 0.648. The highest BCUT2D eigenvalue weighted by Gasteiger charge is 2.17. The van der Waals surface area contributed by atoms with E-state index in [-0.39, 0.29) is 0 Å². The minimum atomic E-state index is 0.648. The second-order valence-corrected chi connectivity index (χ2v) is 12.9. The molecule has 5 nitrogen and oxygen atoms in total. The van der Waals surface area contributed by atoms with E-state index in [0.717, 1.165) is 84.8 Å². The van der Waals surface area contributed by atoms with Gasteiger partial charge in [0, 0.05) is 55.4 Å². The van der Waals surface area contributed by atoms with Crippen molar-refractivity contribution in [2.45, 2.75) is 26.7 Å². The van der Waals surface area contributed by atoms with Gasteiger partial charge in [0.1, 0.15) is 0 Å². The van der Waals surface area contributed by atoms with Crippen molar-refractivity contribution in [3.63, 3.8) is 0 Å². The summed E-state index contributed by atoms with van der Waals surface area (Å²) in [4.78, 5) is 24.8. The van der Waals surface area contributed by atoms with E-state index in [1.54, 1.807) is 0 Å². The number of pyridine rings is 2. The van der Waals surface area contributed by atoms with Crippen molar-refractivity contribution in [1.29, 1.82) is 0 Å². The zero-order valence-corrected chi connectivity index (χ0v) is 27.9. The molecule has 1 aliphatic rings. The van der Waals surface area contributed by atoms with Crippen LogP contribution in [0.5, 0.6) is 0 Å². The summed E-state index contributed by atoms with van der Waals surface area (Å²) in [5, 5.41) is 4.61. The first-order valence-corrected chi connectivity index (χ1v) is 17.1. The zero-order chi connectivity index (χ0) is 33.6. The molecule has 0 fully saturated rings. The van der Waals surface area contributed by atoms with Gasteiger partial charge in [0.05, 0.1) is 11.0 Å². The van der Waals surface area contributed by atoms with Crippen molar-refractivity contribution in [2.75, 3.05) is 0 Å². The molecule has 0 saturated carbocycles. The monoisotopic (exact) mass is 643 g/mol. The van der Waals surface area contributed by atoms with E-state index >= 15 is 0 Å². The van der Waals surface area contributed by atoms with Crippen LogP contribution >= 0.6 is 0 Å². The van der Waals surface area contributed by atoms with Crippen LogP contribution in [-0.4, -0.2) is 24.9 Å². The Morgan fingerprint density at radius 1 is 0.480 bits per heavy atom. The standard InChI is InChI=1S/C45H33N5/c1-28-16-26-36(29(2)46-28)31-17-21-34(22-18-31)44-48-43(33-11-4-3-5-12-33)49-45(50-44)35-23-19-32(20-24-35)41-38-14-8-9-15-40(38)47-42-37-13-7-6-10-30(37)25-27-39(41)42/h4,6-27H,3,5H2,1-2H3. The summed E-state index contributed by atoms with van der Waals surface area (Å²) >= 11 is 0. The minimum Gasteiger partial charge on any atom is -0.258 e. The van der Waals surface area contributed by atoms with Crippen LogP contribution in [0.2, 0.25) is 0 Å². The second-order valence-electron chi connectivity index (χ2n) is 12.9. The lowest BCUT2D eigenvalue weighted by Gasteiger charge is -2.14. The smallest absolute Gasteiger partial charge is 0.164 e. The normalized spacial score (nSPS) is 12.9. The maximum Gasteiger partial charge on any atom is 0.164 e. The van der Waals surface area contributed by atoms with Crippen LogP contribution in [0.15, 0.2) is 140 Å². The number of nitrogens with zero attached hydrogens (tertiary/aromatic N) is 5. The summed E-state index contributed by atoms with van der Waals surface area (Å²) in [6, 6.07) is 42.5. The molecule has 0 N–H and O–H groups in total. The van der Waals surface area contributed by atoms with Gasteiger partial charge >= 0.3 is 0 Å². The highest BCUT2D eigenvalue weighted by Crippen LogP contribution is 2.38. The molecule has 0 bridgehead atoms. The Morgan fingerprint density at radius 3 is 1.86 bits per heavy atom. The van der Waals surface area contributed by atoms with Crippen molar-refractivity contribution in [3.8, 4) is 45.0 Å². The van der Waals surface area contributed by atoms with Gasteiger partial charge in [-0.1, -0.05) is 127 Å². The molecule has 0 unspecified atom stereocenters. The molecular weight excluding hydrogens is 611 g/mol. The van der Waals surface area contributed by atoms with Gasteiger partial charge in [0.2, 0.25) is 0 Å². The lowest BCUT2D eigenvalue weighted by Crippen LogP contribution is -2.03. The van der Waals surface area contributed by atoms with E-state index in [9.17, 15) is 0 Å². The van der Waals surface area contributed by atoms with E-state index in [0.29, 0.717) is 17.5 Å². The number of rotatable bonds is 5. The van der Waals surface area contributed by atoms with Crippen LogP contribution in [0.25, 0.3) is 83.2 Å². The highest BCUT2D eigenvalue weighted by atomic mass is 15.0. The summed E-state index contributed by atoms with van der Waals surface area (Å²) < 4.78 is 0. The van der Waals surface area contributed by atoms with Crippen LogP contribution in [0, 0.1) is 13.8 Å². The van der Waals surface area contributed by atoms with E-state index in [1.807, 2.05) is 6.92 Å². The number of fused-ring (bicyclic) bond motifs is 4. The highest BCUT2D eigenvalue weighted by molar-refractivity contribution is 6.16. The van der Waals surface area contributed by atoms with E-state index < -0.39 is 0 Å². The summed E-state index contributed by atoms with van der Waals surface area (Å²) in [5.74, 6) is 1.98. The van der Waals surface area contributed by atoms with Crippen LogP contribution in [0.1, 0.15) is 30.1 Å². The average Bonchev–Trinajstić information content (AvgIpc) is 3.17. The number of aryl methyl sites for hydroxylation is 2. The molecule has 9 rings (SSSR count). The molecule has 5 heteroatoms. The number of aromatic nitrogens is 5. The molecule has 3 aromatic heterocycles. The van der Waals surface area contributed by atoms with Crippen LogP contribution in [0.4, 0.5) is 0 Å². The van der Waals surface area contributed by atoms with Crippen LogP contribution < -0.4 is 0 Å². The van der Waals surface area contributed by atoms with E-state index in [2.05, 4.69) is 151 Å². The summed E-state index contributed by atoms with van der Waals surface area (Å²) in [6.07, 6.45) is 8.52. The van der Waals surface area contributed by atoms with Crippen molar-refractivity contribution in [3.05, 3.63) is 157 Å². The van der Waals surface area contributed by atoms with Gasteiger partial charge in [-0.3, -0.25) is 4.98 Å². The van der Waals surface area contributed by atoms with Crippen molar-refractivity contribution in [1.82, 2.24) is 24.9 Å². The van der Waals surface area contributed by atoms with Crippen LogP contribution in [0.3, 0.4) is 0 Å². The first-order valence-electron chi connectivity index (χ1n) is 17.1. The number of benzene rings is 5. The molecule has 8 aromatic rings. The molecule has 5 aromatic carbocycles. The second kappa shape index (κ2) is 12.3. The third-order valence-corrected chi connectivity index (χ3v) is 9.58. The van der Waals surface area contributed by atoms with Crippen molar-refractivity contribution < 1.29 is 0 Å². The average molecular weight is 644 g/mol. The molecule has 1 aliphatic carbocycles. The SMILES string of the molecule is Cc1ccc(-c2ccc(-c3nc(C4=CCCC=C4)nc(-c4ccc(-c5c6ccccc6nc6c5ccc5ccccc56)cc4)n3)cc2)c(C)n1.